The van der Waals surface area contributed by atoms with Crippen molar-refractivity contribution in [3.05, 3.63) is 36.5 Å². The van der Waals surface area contributed by atoms with Gasteiger partial charge in [0, 0.05) is 30.7 Å². The molecule has 23 heavy (non-hydrogen) atoms. The van der Waals surface area contributed by atoms with Gasteiger partial charge < -0.3 is 15.5 Å². The zero-order chi connectivity index (χ0) is 15.9. The first-order valence-electron chi connectivity index (χ1n) is 8.90. The summed E-state index contributed by atoms with van der Waals surface area (Å²) in [7, 11) is 0. The number of hydrogen-bond acceptors (Lipinski definition) is 2. The number of rotatable bonds is 4. The van der Waals surface area contributed by atoms with Crippen LogP contribution in [-0.4, -0.2) is 19.1 Å². The molecule has 1 aromatic rings. The van der Waals surface area contributed by atoms with Gasteiger partial charge in [-0.05, 0) is 62.3 Å². The SMILES string of the molecule is O=C(N/C=C/C1CCCC1)Nc1ccc(N2CCCCC2)cc1. The number of hydrogen-bond donors (Lipinski definition) is 2. The fraction of sp³-hybridized carbons (Fsp3) is 0.526. The predicted octanol–water partition coefficient (Wildman–Crippen LogP) is 4.50. The summed E-state index contributed by atoms with van der Waals surface area (Å²) in [5.41, 5.74) is 2.08. The predicted molar refractivity (Wildman–Crippen MR) is 95.8 cm³/mol. The van der Waals surface area contributed by atoms with Gasteiger partial charge in [0.1, 0.15) is 0 Å². The number of carbonyl (C=O) groups excluding carboxylic acids is 1. The zero-order valence-electron chi connectivity index (χ0n) is 13.8. The molecule has 4 heteroatoms. The Morgan fingerprint density at radius 3 is 2.39 bits per heavy atom. The molecule has 0 atom stereocenters. The highest BCUT2D eigenvalue weighted by atomic mass is 16.2. The Morgan fingerprint density at radius 1 is 1.00 bits per heavy atom. The number of amides is 2. The van der Waals surface area contributed by atoms with Crippen molar-refractivity contribution >= 4 is 17.4 Å². The molecule has 1 saturated carbocycles. The lowest BCUT2D eigenvalue weighted by Crippen LogP contribution is -2.29. The summed E-state index contributed by atoms with van der Waals surface area (Å²) in [6.45, 7) is 2.28. The number of nitrogens with zero attached hydrogens (tertiary/aromatic N) is 1. The van der Waals surface area contributed by atoms with Gasteiger partial charge in [0.05, 0.1) is 0 Å². The highest BCUT2D eigenvalue weighted by Gasteiger charge is 2.12. The van der Waals surface area contributed by atoms with Crippen LogP contribution < -0.4 is 15.5 Å². The molecule has 4 nitrogen and oxygen atoms in total. The van der Waals surface area contributed by atoms with Crippen molar-refractivity contribution < 1.29 is 4.79 Å². The van der Waals surface area contributed by atoms with Gasteiger partial charge in [0.25, 0.3) is 0 Å². The highest BCUT2D eigenvalue weighted by molar-refractivity contribution is 5.90. The molecule has 0 spiro atoms. The van der Waals surface area contributed by atoms with Gasteiger partial charge >= 0.3 is 6.03 Å². The first-order valence-corrected chi connectivity index (χ1v) is 8.90. The molecule has 1 aromatic carbocycles. The molecule has 2 amide bonds. The Kier molecular flexibility index (Phi) is 5.56. The summed E-state index contributed by atoms with van der Waals surface area (Å²) in [4.78, 5) is 14.3. The van der Waals surface area contributed by atoms with Crippen LogP contribution in [0.2, 0.25) is 0 Å². The molecule has 1 aliphatic heterocycles. The number of anilines is 2. The summed E-state index contributed by atoms with van der Waals surface area (Å²) in [6, 6.07) is 7.96. The Bertz CT molecular complexity index is 526. The van der Waals surface area contributed by atoms with Gasteiger partial charge in [-0.15, -0.1) is 0 Å². The van der Waals surface area contributed by atoms with Gasteiger partial charge in [0.2, 0.25) is 0 Å². The summed E-state index contributed by atoms with van der Waals surface area (Å²) in [6.07, 6.45) is 12.9. The van der Waals surface area contributed by atoms with E-state index < -0.39 is 0 Å². The second-order valence-corrected chi connectivity index (χ2v) is 6.60. The van der Waals surface area contributed by atoms with Crippen molar-refractivity contribution in [2.75, 3.05) is 23.3 Å². The molecule has 1 aliphatic carbocycles. The molecule has 3 rings (SSSR count). The summed E-state index contributed by atoms with van der Waals surface area (Å²) >= 11 is 0. The average Bonchev–Trinajstić information content (AvgIpc) is 3.10. The third-order valence-corrected chi connectivity index (χ3v) is 4.83. The largest absolute Gasteiger partial charge is 0.372 e. The van der Waals surface area contributed by atoms with Gasteiger partial charge in [0.15, 0.2) is 0 Å². The molecule has 0 bridgehead atoms. The van der Waals surface area contributed by atoms with Crippen LogP contribution in [0.5, 0.6) is 0 Å². The third kappa shape index (κ3) is 4.75. The van der Waals surface area contributed by atoms with E-state index in [0.717, 1.165) is 18.8 Å². The van der Waals surface area contributed by atoms with Crippen LogP contribution in [-0.2, 0) is 0 Å². The van der Waals surface area contributed by atoms with E-state index in [2.05, 4.69) is 33.7 Å². The monoisotopic (exact) mass is 313 g/mol. The maximum atomic E-state index is 11.9. The first-order chi connectivity index (χ1) is 11.3. The molecule has 0 radical (unpaired) electrons. The molecule has 2 aliphatic rings. The number of piperidine rings is 1. The second kappa shape index (κ2) is 8.04. The maximum absolute atomic E-state index is 11.9. The number of nitrogens with one attached hydrogen (secondary N) is 2. The fourth-order valence-corrected chi connectivity index (χ4v) is 3.48. The third-order valence-electron chi connectivity index (χ3n) is 4.83. The fourth-order valence-electron chi connectivity index (χ4n) is 3.48. The minimum Gasteiger partial charge on any atom is -0.372 e. The minimum atomic E-state index is -0.176. The van der Waals surface area contributed by atoms with Crippen molar-refractivity contribution in [1.29, 1.82) is 0 Å². The summed E-state index contributed by atoms with van der Waals surface area (Å²) in [5, 5.41) is 5.67. The van der Waals surface area contributed by atoms with E-state index in [1.807, 2.05) is 12.1 Å². The van der Waals surface area contributed by atoms with Gasteiger partial charge in [-0.3, -0.25) is 0 Å². The molecule has 0 aromatic heterocycles. The Labute approximate surface area is 138 Å². The van der Waals surface area contributed by atoms with E-state index in [0.29, 0.717) is 5.92 Å². The number of carbonyl (C=O) groups is 1. The Balaban J connectivity index is 1.46. The summed E-state index contributed by atoms with van der Waals surface area (Å²) < 4.78 is 0. The molecule has 1 saturated heterocycles. The lowest BCUT2D eigenvalue weighted by Gasteiger charge is -2.28. The molecular weight excluding hydrogens is 286 g/mol. The van der Waals surface area contributed by atoms with Crippen LogP contribution in [0, 0.1) is 5.92 Å². The molecule has 124 valence electrons. The van der Waals surface area contributed by atoms with Crippen molar-refractivity contribution in [3.8, 4) is 0 Å². The average molecular weight is 313 g/mol. The van der Waals surface area contributed by atoms with Crippen LogP contribution in [0.25, 0.3) is 0 Å². The number of allylic oxidation sites excluding steroid dienone is 1. The van der Waals surface area contributed by atoms with E-state index in [1.165, 1.54) is 50.6 Å². The maximum Gasteiger partial charge on any atom is 0.323 e. The summed E-state index contributed by atoms with van der Waals surface area (Å²) in [5.74, 6) is 0.638. The zero-order valence-corrected chi connectivity index (χ0v) is 13.8. The molecule has 2 N–H and O–H groups in total. The minimum absolute atomic E-state index is 0.176. The first kappa shape index (κ1) is 15.9. The van der Waals surface area contributed by atoms with Gasteiger partial charge in [-0.1, -0.05) is 18.9 Å². The number of benzene rings is 1. The van der Waals surface area contributed by atoms with Crippen LogP contribution in [0.1, 0.15) is 44.9 Å². The molecule has 2 fully saturated rings. The normalized spacial score (nSPS) is 19.2. The van der Waals surface area contributed by atoms with Crippen LogP contribution in [0.3, 0.4) is 0 Å². The van der Waals surface area contributed by atoms with Gasteiger partial charge in [-0.25, -0.2) is 4.79 Å². The van der Waals surface area contributed by atoms with Crippen LogP contribution in [0.15, 0.2) is 36.5 Å². The topological polar surface area (TPSA) is 44.4 Å². The molecular formula is C19H27N3O. The lowest BCUT2D eigenvalue weighted by molar-refractivity contribution is 0.255. The standard InChI is InChI=1S/C19H27N3O/c23-19(20-13-12-16-6-2-3-7-16)21-17-8-10-18(11-9-17)22-14-4-1-5-15-22/h8-13,16H,1-7,14-15H2,(H2,20,21,23)/b13-12+. The van der Waals surface area contributed by atoms with E-state index in [9.17, 15) is 4.79 Å². The van der Waals surface area contributed by atoms with E-state index >= 15 is 0 Å². The van der Waals surface area contributed by atoms with Crippen molar-refractivity contribution in [2.24, 2.45) is 5.92 Å². The van der Waals surface area contributed by atoms with Crippen molar-refractivity contribution in [1.82, 2.24) is 5.32 Å². The quantitative estimate of drug-likeness (QED) is 0.859. The Hall–Kier alpha value is -1.97. The second-order valence-electron chi connectivity index (χ2n) is 6.60. The molecule has 1 heterocycles. The van der Waals surface area contributed by atoms with Crippen LogP contribution >= 0.6 is 0 Å². The van der Waals surface area contributed by atoms with E-state index in [1.54, 1.807) is 6.20 Å². The van der Waals surface area contributed by atoms with Crippen LogP contribution in [0.4, 0.5) is 16.2 Å². The smallest absolute Gasteiger partial charge is 0.323 e. The highest BCUT2D eigenvalue weighted by Crippen LogP contribution is 2.25. The van der Waals surface area contributed by atoms with Crippen molar-refractivity contribution in [2.45, 2.75) is 44.9 Å². The van der Waals surface area contributed by atoms with Gasteiger partial charge in [-0.2, -0.15) is 0 Å². The van der Waals surface area contributed by atoms with Crippen molar-refractivity contribution in [3.63, 3.8) is 0 Å². The number of urea groups is 1. The Morgan fingerprint density at radius 2 is 1.70 bits per heavy atom. The van der Waals surface area contributed by atoms with E-state index in [4.69, 9.17) is 0 Å². The lowest BCUT2D eigenvalue weighted by atomic mass is 10.1. The van der Waals surface area contributed by atoms with E-state index in [-0.39, 0.29) is 6.03 Å². The molecule has 0 unspecified atom stereocenters.